The molecule has 0 bridgehead atoms. The van der Waals surface area contributed by atoms with E-state index in [0.29, 0.717) is 18.8 Å². The van der Waals surface area contributed by atoms with Crippen molar-refractivity contribution in [3.05, 3.63) is 48.0 Å². The lowest BCUT2D eigenvalue weighted by molar-refractivity contribution is 0.251. The average molecular weight is 356 g/mol. The van der Waals surface area contributed by atoms with Crippen molar-refractivity contribution in [2.45, 2.75) is 52.5 Å². The minimum Gasteiger partial charge on any atom is -0.494 e. The van der Waals surface area contributed by atoms with Crippen LogP contribution >= 0.6 is 0 Å². The highest BCUT2D eigenvalue weighted by atomic mass is 16.5. The number of ether oxygens (including phenoxy) is 1. The van der Waals surface area contributed by atoms with Crippen LogP contribution in [0.4, 0.5) is 10.5 Å². The van der Waals surface area contributed by atoms with Crippen LogP contribution in [0.25, 0.3) is 0 Å². The molecule has 0 atom stereocenters. The first-order valence-electron chi connectivity index (χ1n) is 8.97. The van der Waals surface area contributed by atoms with E-state index in [1.165, 1.54) is 6.33 Å². The highest BCUT2D eigenvalue weighted by Gasteiger charge is 2.19. The summed E-state index contributed by atoms with van der Waals surface area (Å²) in [6.45, 7) is 9.46. The van der Waals surface area contributed by atoms with Gasteiger partial charge in [0.05, 0.1) is 12.3 Å². The Kier molecular flexibility index (Phi) is 6.95. The molecule has 6 nitrogen and oxygen atoms in total. The summed E-state index contributed by atoms with van der Waals surface area (Å²) in [5.74, 6) is 0.806. The third kappa shape index (κ3) is 6.02. The standard InChI is InChI=1S/C20H28N4O2/c1-5-6-11-26-17-9-7-16(8-10-17)24-19(25)22-13-15-12-21-14-23-18(15)20(2,3)4/h7-10,12,14H,5-6,11,13H2,1-4H3,(H2,22,24,25). The van der Waals surface area contributed by atoms with E-state index in [2.05, 4.69) is 48.3 Å². The van der Waals surface area contributed by atoms with Gasteiger partial charge in [0.1, 0.15) is 12.1 Å². The summed E-state index contributed by atoms with van der Waals surface area (Å²) >= 11 is 0. The number of amides is 2. The lowest BCUT2D eigenvalue weighted by atomic mass is 9.89. The van der Waals surface area contributed by atoms with Crippen molar-refractivity contribution in [2.24, 2.45) is 0 Å². The zero-order chi connectivity index (χ0) is 19.0. The Morgan fingerprint density at radius 3 is 2.58 bits per heavy atom. The number of unbranched alkanes of at least 4 members (excludes halogenated alkanes) is 1. The summed E-state index contributed by atoms with van der Waals surface area (Å²) in [6, 6.07) is 7.09. The number of benzene rings is 1. The topological polar surface area (TPSA) is 76.1 Å². The summed E-state index contributed by atoms with van der Waals surface area (Å²) in [6.07, 6.45) is 5.41. The van der Waals surface area contributed by atoms with Crippen molar-refractivity contribution >= 4 is 11.7 Å². The van der Waals surface area contributed by atoms with Gasteiger partial charge in [0, 0.05) is 29.4 Å². The minimum absolute atomic E-state index is 0.107. The van der Waals surface area contributed by atoms with Crippen LogP contribution in [0.15, 0.2) is 36.8 Å². The molecule has 2 N–H and O–H groups in total. The fraction of sp³-hybridized carbons (Fsp3) is 0.450. The molecule has 0 aliphatic carbocycles. The third-order valence-corrected chi connectivity index (χ3v) is 3.82. The Morgan fingerprint density at radius 1 is 1.19 bits per heavy atom. The highest BCUT2D eigenvalue weighted by molar-refractivity contribution is 5.89. The summed E-state index contributed by atoms with van der Waals surface area (Å²) in [5.41, 5.74) is 2.45. The maximum absolute atomic E-state index is 12.1. The summed E-state index contributed by atoms with van der Waals surface area (Å²) in [7, 11) is 0. The number of nitrogens with one attached hydrogen (secondary N) is 2. The molecule has 6 heteroatoms. The zero-order valence-corrected chi connectivity index (χ0v) is 16.0. The second-order valence-corrected chi connectivity index (χ2v) is 7.18. The molecule has 2 aromatic rings. The van der Waals surface area contributed by atoms with Crippen LogP contribution in [-0.2, 0) is 12.0 Å². The van der Waals surface area contributed by atoms with Crippen molar-refractivity contribution < 1.29 is 9.53 Å². The number of carbonyl (C=O) groups is 1. The monoisotopic (exact) mass is 356 g/mol. The van der Waals surface area contributed by atoms with E-state index >= 15 is 0 Å². The first-order chi connectivity index (χ1) is 12.4. The molecule has 0 fully saturated rings. The molecule has 0 unspecified atom stereocenters. The second-order valence-electron chi connectivity index (χ2n) is 7.18. The van der Waals surface area contributed by atoms with E-state index in [9.17, 15) is 4.79 Å². The van der Waals surface area contributed by atoms with E-state index < -0.39 is 0 Å². The molecule has 26 heavy (non-hydrogen) atoms. The number of anilines is 1. The lowest BCUT2D eigenvalue weighted by Crippen LogP contribution is -2.30. The number of hydrogen-bond acceptors (Lipinski definition) is 4. The molecule has 0 aliphatic heterocycles. The fourth-order valence-electron chi connectivity index (χ4n) is 2.48. The molecule has 140 valence electrons. The Bertz CT molecular complexity index is 708. The van der Waals surface area contributed by atoms with Gasteiger partial charge in [-0.15, -0.1) is 0 Å². The van der Waals surface area contributed by atoms with Crippen molar-refractivity contribution in [1.82, 2.24) is 15.3 Å². The first kappa shape index (κ1) is 19.7. The van der Waals surface area contributed by atoms with E-state index in [1.54, 1.807) is 6.20 Å². The number of nitrogens with zero attached hydrogens (tertiary/aromatic N) is 2. The number of rotatable bonds is 7. The predicted octanol–water partition coefficient (Wildman–Crippen LogP) is 4.27. The first-order valence-corrected chi connectivity index (χ1v) is 8.97. The van der Waals surface area contributed by atoms with Gasteiger partial charge in [0.15, 0.2) is 0 Å². The van der Waals surface area contributed by atoms with Gasteiger partial charge < -0.3 is 15.4 Å². The van der Waals surface area contributed by atoms with Crippen LogP contribution < -0.4 is 15.4 Å². The van der Waals surface area contributed by atoms with Gasteiger partial charge in [-0.05, 0) is 30.7 Å². The lowest BCUT2D eigenvalue weighted by Gasteiger charge is -2.21. The number of hydrogen-bond donors (Lipinski definition) is 2. The molecule has 0 aliphatic rings. The Hall–Kier alpha value is -2.63. The second kappa shape index (κ2) is 9.17. The minimum atomic E-state index is -0.270. The van der Waals surface area contributed by atoms with E-state index in [0.717, 1.165) is 29.8 Å². The van der Waals surface area contributed by atoms with Gasteiger partial charge in [0.2, 0.25) is 0 Å². The van der Waals surface area contributed by atoms with Crippen molar-refractivity contribution in [3.8, 4) is 5.75 Å². The van der Waals surface area contributed by atoms with Crippen LogP contribution in [0.2, 0.25) is 0 Å². The number of urea groups is 1. The normalized spacial score (nSPS) is 11.1. The van der Waals surface area contributed by atoms with Crippen LogP contribution in [0.5, 0.6) is 5.75 Å². The molecular formula is C20H28N4O2. The molecule has 0 saturated heterocycles. The number of carbonyl (C=O) groups excluding carboxylic acids is 1. The van der Waals surface area contributed by atoms with Crippen molar-refractivity contribution in [3.63, 3.8) is 0 Å². The van der Waals surface area contributed by atoms with Crippen LogP contribution in [0.1, 0.15) is 51.8 Å². The molecule has 1 aromatic carbocycles. The molecule has 0 spiro atoms. The van der Waals surface area contributed by atoms with Crippen molar-refractivity contribution in [2.75, 3.05) is 11.9 Å². The van der Waals surface area contributed by atoms with Crippen LogP contribution in [-0.4, -0.2) is 22.6 Å². The largest absolute Gasteiger partial charge is 0.494 e. The molecule has 2 rings (SSSR count). The maximum atomic E-state index is 12.1. The van der Waals surface area contributed by atoms with Gasteiger partial charge in [-0.25, -0.2) is 14.8 Å². The van der Waals surface area contributed by atoms with E-state index in [-0.39, 0.29) is 11.4 Å². The maximum Gasteiger partial charge on any atom is 0.319 e. The molecule has 1 heterocycles. The molecule has 0 radical (unpaired) electrons. The quantitative estimate of drug-likeness (QED) is 0.726. The van der Waals surface area contributed by atoms with Gasteiger partial charge in [-0.3, -0.25) is 0 Å². The smallest absolute Gasteiger partial charge is 0.319 e. The van der Waals surface area contributed by atoms with E-state index in [1.807, 2.05) is 24.3 Å². The van der Waals surface area contributed by atoms with E-state index in [4.69, 9.17) is 4.74 Å². The SMILES string of the molecule is CCCCOc1ccc(NC(=O)NCc2cncnc2C(C)(C)C)cc1. The Balaban J connectivity index is 1.88. The molecule has 1 aromatic heterocycles. The zero-order valence-electron chi connectivity index (χ0n) is 16.0. The highest BCUT2D eigenvalue weighted by Crippen LogP contribution is 2.22. The van der Waals surface area contributed by atoms with Gasteiger partial charge in [-0.1, -0.05) is 34.1 Å². The molecule has 0 saturated carbocycles. The van der Waals surface area contributed by atoms with Crippen LogP contribution in [0, 0.1) is 0 Å². The Labute approximate surface area is 155 Å². The Morgan fingerprint density at radius 2 is 1.92 bits per heavy atom. The summed E-state index contributed by atoms with van der Waals surface area (Å²) < 4.78 is 5.61. The van der Waals surface area contributed by atoms with Crippen LogP contribution in [0.3, 0.4) is 0 Å². The van der Waals surface area contributed by atoms with Gasteiger partial charge >= 0.3 is 6.03 Å². The predicted molar refractivity (Wildman–Crippen MR) is 103 cm³/mol. The van der Waals surface area contributed by atoms with Gasteiger partial charge in [0.25, 0.3) is 0 Å². The fourth-order valence-corrected chi connectivity index (χ4v) is 2.48. The molecule has 2 amide bonds. The summed E-state index contributed by atoms with van der Waals surface area (Å²) in [4.78, 5) is 20.6. The molecular weight excluding hydrogens is 328 g/mol. The number of aromatic nitrogens is 2. The average Bonchev–Trinajstić information content (AvgIpc) is 2.61. The summed E-state index contributed by atoms with van der Waals surface area (Å²) in [5, 5.41) is 5.67. The van der Waals surface area contributed by atoms with Gasteiger partial charge in [-0.2, -0.15) is 0 Å². The third-order valence-electron chi connectivity index (χ3n) is 3.82. The van der Waals surface area contributed by atoms with Crippen molar-refractivity contribution in [1.29, 1.82) is 0 Å².